The molecule has 27 heavy (non-hydrogen) atoms. The minimum atomic E-state index is -4.83. The summed E-state index contributed by atoms with van der Waals surface area (Å²) in [5.74, 6) is -0.365. The van der Waals surface area contributed by atoms with Crippen molar-refractivity contribution in [2.75, 3.05) is 0 Å². The first-order valence-corrected chi connectivity index (χ1v) is 8.70. The van der Waals surface area contributed by atoms with Crippen molar-refractivity contribution in [3.8, 4) is 22.8 Å². The lowest BCUT2D eigenvalue weighted by molar-refractivity contribution is -0.274. The van der Waals surface area contributed by atoms with Crippen LogP contribution in [0.5, 0.6) is 11.5 Å². The fourth-order valence-corrected chi connectivity index (χ4v) is 3.19. The molecule has 0 unspecified atom stereocenters. The van der Waals surface area contributed by atoms with Crippen LogP contribution in [-0.4, -0.2) is 11.5 Å². The van der Waals surface area contributed by atoms with E-state index < -0.39 is 17.7 Å². The third-order valence-electron chi connectivity index (χ3n) is 3.47. The maximum Gasteiger partial charge on any atom is 0.573 e. The third-order valence-corrected chi connectivity index (χ3v) is 4.61. The average Bonchev–Trinajstić information content (AvgIpc) is 2.60. The van der Waals surface area contributed by atoms with Gasteiger partial charge >= 0.3 is 12.0 Å². The van der Waals surface area contributed by atoms with Gasteiger partial charge in [0.1, 0.15) is 22.2 Å². The first-order valence-electron chi connectivity index (χ1n) is 7.72. The van der Waals surface area contributed by atoms with Crippen LogP contribution in [0.25, 0.3) is 11.3 Å². The fraction of sp³-hybridized carbons (Fsp3) is 0.105. The molecular weight excluding hydrogens is 381 g/mol. The van der Waals surface area contributed by atoms with Crippen LogP contribution in [0, 0.1) is 0 Å². The van der Waals surface area contributed by atoms with Crippen LogP contribution in [0.15, 0.2) is 74.8 Å². The summed E-state index contributed by atoms with van der Waals surface area (Å²) in [6.07, 6.45) is -4.83. The fourth-order valence-electron chi connectivity index (χ4n) is 2.32. The molecule has 0 atom stereocenters. The Morgan fingerprint density at radius 3 is 2.44 bits per heavy atom. The number of benzene rings is 2. The van der Waals surface area contributed by atoms with Crippen molar-refractivity contribution < 1.29 is 27.4 Å². The van der Waals surface area contributed by atoms with Gasteiger partial charge in [-0.3, -0.25) is 0 Å². The van der Waals surface area contributed by atoms with Gasteiger partial charge in [0.25, 0.3) is 0 Å². The first-order chi connectivity index (χ1) is 12.8. The highest BCUT2D eigenvalue weighted by molar-refractivity contribution is 7.98. The normalized spacial score (nSPS) is 11.4. The molecule has 1 aromatic heterocycles. The number of alkyl halides is 3. The van der Waals surface area contributed by atoms with Gasteiger partial charge < -0.3 is 14.3 Å². The van der Waals surface area contributed by atoms with Gasteiger partial charge in [0.05, 0.1) is 0 Å². The van der Waals surface area contributed by atoms with E-state index in [4.69, 9.17) is 4.42 Å². The van der Waals surface area contributed by atoms with E-state index in [-0.39, 0.29) is 22.0 Å². The van der Waals surface area contributed by atoms with Crippen molar-refractivity contribution in [3.63, 3.8) is 0 Å². The Hall–Kier alpha value is -2.87. The number of hydrogen-bond acceptors (Lipinski definition) is 5. The van der Waals surface area contributed by atoms with Crippen molar-refractivity contribution >= 4 is 11.8 Å². The standard InChI is InChI=1S/C19H13F3O4S/c20-19(21,22)26-14-8-4-7-13(9-14)16-10-15(23)17(18(24)25-16)27-11-12-5-2-1-3-6-12/h1-10,23H,11H2. The Morgan fingerprint density at radius 1 is 1.04 bits per heavy atom. The molecule has 2 aromatic carbocycles. The van der Waals surface area contributed by atoms with E-state index in [1.54, 1.807) is 0 Å². The van der Waals surface area contributed by atoms with Crippen LogP contribution >= 0.6 is 11.8 Å². The zero-order valence-electron chi connectivity index (χ0n) is 13.7. The van der Waals surface area contributed by atoms with Crippen LogP contribution < -0.4 is 10.4 Å². The van der Waals surface area contributed by atoms with E-state index in [2.05, 4.69) is 4.74 Å². The van der Waals surface area contributed by atoms with Crippen LogP contribution in [0.2, 0.25) is 0 Å². The minimum Gasteiger partial charge on any atom is -0.506 e. The lowest BCUT2D eigenvalue weighted by Gasteiger charge is -2.10. The van der Waals surface area contributed by atoms with Crippen LogP contribution in [-0.2, 0) is 5.75 Å². The molecule has 0 bridgehead atoms. The van der Waals surface area contributed by atoms with Crippen molar-refractivity contribution in [1.29, 1.82) is 0 Å². The molecule has 140 valence electrons. The largest absolute Gasteiger partial charge is 0.573 e. The van der Waals surface area contributed by atoms with Gasteiger partial charge in [-0.2, -0.15) is 0 Å². The SMILES string of the molecule is O=c1oc(-c2cccc(OC(F)(F)F)c2)cc(O)c1SCc1ccccc1. The van der Waals surface area contributed by atoms with Gasteiger partial charge in [-0.25, -0.2) is 4.79 Å². The summed E-state index contributed by atoms with van der Waals surface area (Å²) >= 11 is 1.11. The van der Waals surface area contributed by atoms with Gasteiger partial charge in [0.15, 0.2) is 0 Å². The quantitative estimate of drug-likeness (QED) is 0.603. The number of hydrogen-bond donors (Lipinski definition) is 1. The maximum absolute atomic E-state index is 12.3. The summed E-state index contributed by atoms with van der Waals surface area (Å²) in [5, 5.41) is 10.2. The predicted octanol–water partition coefficient (Wildman–Crippen LogP) is 5.20. The molecule has 0 saturated carbocycles. The smallest absolute Gasteiger partial charge is 0.506 e. The highest BCUT2D eigenvalue weighted by atomic mass is 32.2. The van der Waals surface area contributed by atoms with Crippen LogP contribution in [0.1, 0.15) is 5.56 Å². The predicted molar refractivity (Wildman–Crippen MR) is 94.8 cm³/mol. The topological polar surface area (TPSA) is 59.7 Å². The second-order valence-electron chi connectivity index (χ2n) is 5.46. The van der Waals surface area contributed by atoms with Gasteiger partial charge in [0, 0.05) is 17.4 Å². The highest BCUT2D eigenvalue weighted by Crippen LogP contribution is 2.33. The van der Waals surface area contributed by atoms with Gasteiger partial charge in [-0.1, -0.05) is 42.5 Å². The molecule has 3 aromatic rings. The molecule has 0 aliphatic heterocycles. The summed E-state index contributed by atoms with van der Waals surface area (Å²) < 4.78 is 46.1. The molecule has 0 aliphatic rings. The molecule has 0 aliphatic carbocycles. The van der Waals surface area contributed by atoms with E-state index in [0.717, 1.165) is 29.5 Å². The molecule has 3 rings (SSSR count). The Morgan fingerprint density at radius 2 is 1.78 bits per heavy atom. The summed E-state index contributed by atoms with van der Waals surface area (Å²) in [7, 11) is 0. The summed E-state index contributed by atoms with van der Waals surface area (Å²) in [6.45, 7) is 0. The third kappa shape index (κ3) is 5.07. The highest BCUT2D eigenvalue weighted by Gasteiger charge is 2.31. The molecule has 0 saturated heterocycles. The molecule has 4 nitrogen and oxygen atoms in total. The van der Waals surface area contributed by atoms with E-state index in [1.807, 2.05) is 30.3 Å². The first kappa shape index (κ1) is 18.9. The molecule has 0 spiro atoms. The summed E-state index contributed by atoms with van der Waals surface area (Å²) in [6, 6.07) is 15.5. The Bertz CT molecular complexity index is 984. The van der Waals surface area contributed by atoms with Crippen molar-refractivity contribution in [3.05, 3.63) is 76.6 Å². The Kier molecular flexibility index (Phi) is 5.46. The molecule has 1 N–H and O–H groups in total. The maximum atomic E-state index is 12.3. The van der Waals surface area contributed by atoms with Crippen molar-refractivity contribution in [2.24, 2.45) is 0 Å². The van der Waals surface area contributed by atoms with E-state index in [0.29, 0.717) is 5.75 Å². The summed E-state index contributed by atoms with van der Waals surface area (Å²) in [5.41, 5.74) is 0.360. The van der Waals surface area contributed by atoms with Crippen molar-refractivity contribution in [2.45, 2.75) is 17.0 Å². The van der Waals surface area contributed by atoms with Crippen molar-refractivity contribution in [1.82, 2.24) is 0 Å². The molecule has 0 amide bonds. The average molecular weight is 394 g/mol. The molecule has 0 fully saturated rings. The molecule has 0 radical (unpaired) electrons. The van der Waals surface area contributed by atoms with Gasteiger partial charge in [0.2, 0.25) is 0 Å². The van der Waals surface area contributed by atoms with Crippen LogP contribution in [0.4, 0.5) is 13.2 Å². The Balaban J connectivity index is 1.84. The molecule has 8 heteroatoms. The number of aromatic hydroxyl groups is 1. The zero-order valence-corrected chi connectivity index (χ0v) is 14.5. The van der Waals surface area contributed by atoms with Gasteiger partial charge in [-0.15, -0.1) is 24.9 Å². The minimum absolute atomic E-state index is 0.0327. The number of thioether (sulfide) groups is 1. The summed E-state index contributed by atoms with van der Waals surface area (Å²) in [4.78, 5) is 12.2. The second kappa shape index (κ2) is 7.79. The monoisotopic (exact) mass is 394 g/mol. The van der Waals surface area contributed by atoms with Gasteiger partial charge in [-0.05, 0) is 17.7 Å². The lowest BCUT2D eigenvalue weighted by atomic mass is 10.1. The zero-order chi connectivity index (χ0) is 19.4. The number of rotatable bonds is 5. The second-order valence-corrected chi connectivity index (χ2v) is 6.45. The van der Waals surface area contributed by atoms with E-state index in [1.165, 1.54) is 18.2 Å². The Labute approximate surface area is 156 Å². The van der Waals surface area contributed by atoms with E-state index >= 15 is 0 Å². The van der Waals surface area contributed by atoms with Crippen LogP contribution in [0.3, 0.4) is 0 Å². The number of ether oxygens (including phenoxy) is 1. The molecule has 1 heterocycles. The number of halogens is 3. The lowest BCUT2D eigenvalue weighted by Crippen LogP contribution is -2.17. The molecular formula is C19H13F3O4S. The van der Waals surface area contributed by atoms with E-state index in [9.17, 15) is 23.1 Å².